The van der Waals surface area contributed by atoms with E-state index in [9.17, 15) is 5.11 Å². The van der Waals surface area contributed by atoms with Crippen molar-refractivity contribution in [1.82, 2.24) is 14.5 Å². The summed E-state index contributed by atoms with van der Waals surface area (Å²) in [4.78, 5) is 10.4. The van der Waals surface area contributed by atoms with Gasteiger partial charge in [-0.15, -0.1) is 17.7 Å². The van der Waals surface area contributed by atoms with Crippen LogP contribution >= 0.6 is 0 Å². The molecule has 0 fully saturated rings. The summed E-state index contributed by atoms with van der Waals surface area (Å²) in [5.41, 5.74) is 16.6. The molecule has 0 bridgehead atoms. The zero-order valence-electron chi connectivity index (χ0n) is 35.4. The number of pyridine rings is 1. The quantitative estimate of drug-likeness (QED) is 0.154. The molecule has 0 atom stereocenters. The maximum Gasteiger partial charge on any atom is 0.148 e. The predicted molar refractivity (Wildman–Crippen MR) is 265 cm³/mol. The standard InChI is InChI=1S/C60H38N3O2.Pt/c64-56-32-13-11-26-50(56)60-62-57-47(27-16-31-55(57)63(60)54-30-12-10-25-46(54)41-21-8-3-9-22-41)45-36-51-49-29-15-28-48(44-24-14-23-42(35-44)39-17-4-1-5-18-39)58(49)65-59(51)52(37-45)53-38-43(33-34-61-53)40-19-6-2-7-20-40;/h1-36,38,64H;/q-1;. The van der Waals surface area contributed by atoms with Crippen molar-refractivity contribution in [3.63, 3.8) is 0 Å². The van der Waals surface area contributed by atoms with Crippen LogP contribution in [0.25, 0.3) is 117 Å². The molecular formula is C60H38N3O2Pt-. The Hall–Kier alpha value is -8.11. The third-order valence-electron chi connectivity index (χ3n) is 12.3. The minimum absolute atomic E-state index is 0. The fourth-order valence-electron chi connectivity index (χ4n) is 9.20. The van der Waals surface area contributed by atoms with Crippen LogP contribution in [0.5, 0.6) is 5.75 Å². The Morgan fingerprint density at radius 2 is 1.05 bits per heavy atom. The van der Waals surface area contributed by atoms with Gasteiger partial charge in [0.1, 0.15) is 17.2 Å². The molecule has 66 heavy (non-hydrogen) atoms. The van der Waals surface area contributed by atoms with Crippen molar-refractivity contribution in [2.75, 3.05) is 0 Å². The molecule has 12 aromatic rings. The van der Waals surface area contributed by atoms with Crippen molar-refractivity contribution in [2.24, 2.45) is 0 Å². The van der Waals surface area contributed by atoms with Gasteiger partial charge in [0, 0.05) is 49.5 Å². The van der Waals surface area contributed by atoms with Gasteiger partial charge in [-0.2, -0.15) is 0 Å². The van der Waals surface area contributed by atoms with Crippen LogP contribution in [-0.2, 0) is 21.1 Å². The zero-order chi connectivity index (χ0) is 43.3. The average Bonchev–Trinajstić information content (AvgIpc) is 3.96. The average molecular weight is 1030 g/mol. The largest absolute Gasteiger partial charge is 0.507 e. The number of benzene rings is 9. The molecule has 1 N–H and O–H groups in total. The third kappa shape index (κ3) is 7.11. The van der Waals surface area contributed by atoms with Gasteiger partial charge in [0.15, 0.2) is 0 Å². The normalized spacial score (nSPS) is 11.3. The summed E-state index contributed by atoms with van der Waals surface area (Å²) in [5, 5.41) is 13.3. The van der Waals surface area contributed by atoms with E-state index in [1.165, 1.54) is 0 Å². The Labute approximate surface area is 396 Å². The summed E-state index contributed by atoms with van der Waals surface area (Å²) in [6.45, 7) is 0. The first-order valence-corrected chi connectivity index (χ1v) is 21.7. The van der Waals surface area contributed by atoms with Crippen molar-refractivity contribution >= 4 is 33.0 Å². The number of hydrogen-bond acceptors (Lipinski definition) is 4. The van der Waals surface area contributed by atoms with E-state index in [-0.39, 0.29) is 26.8 Å². The molecule has 3 heterocycles. The second-order valence-corrected chi connectivity index (χ2v) is 16.2. The summed E-state index contributed by atoms with van der Waals surface area (Å²) in [5.74, 6) is 0.779. The van der Waals surface area contributed by atoms with Gasteiger partial charge in [-0.05, 0) is 75.2 Å². The summed E-state index contributed by atoms with van der Waals surface area (Å²) in [7, 11) is 0. The number of phenolic OH excluding ortho intramolecular Hbond substituents is 1. The van der Waals surface area contributed by atoms with Crippen LogP contribution in [0.2, 0.25) is 0 Å². The van der Waals surface area contributed by atoms with Crippen LogP contribution in [0.1, 0.15) is 0 Å². The number of hydrogen-bond donors (Lipinski definition) is 1. The van der Waals surface area contributed by atoms with Crippen LogP contribution in [-0.4, -0.2) is 19.6 Å². The summed E-state index contributed by atoms with van der Waals surface area (Å²) < 4.78 is 9.25. The van der Waals surface area contributed by atoms with Crippen LogP contribution in [0.4, 0.5) is 0 Å². The minimum atomic E-state index is 0. The molecule has 0 unspecified atom stereocenters. The number of para-hydroxylation sites is 4. The summed E-state index contributed by atoms with van der Waals surface area (Å²) in [6, 6.07) is 78.4. The molecule has 5 nitrogen and oxygen atoms in total. The van der Waals surface area contributed by atoms with Crippen LogP contribution in [0, 0.1) is 6.07 Å². The maximum atomic E-state index is 11.4. The van der Waals surface area contributed by atoms with E-state index in [1.807, 2.05) is 54.7 Å². The Morgan fingerprint density at radius 3 is 1.80 bits per heavy atom. The molecule has 0 spiro atoms. The van der Waals surface area contributed by atoms with Gasteiger partial charge in [0.05, 0.1) is 27.9 Å². The van der Waals surface area contributed by atoms with E-state index in [0.29, 0.717) is 17.0 Å². The molecule has 0 aliphatic rings. The number of rotatable bonds is 8. The van der Waals surface area contributed by atoms with Crippen molar-refractivity contribution < 1.29 is 30.6 Å². The molecule has 6 heteroatoms. The summed E-state index contributed by atoms with van der Waals surface area (Å²) in [6.07, 6.45) is 1.86. The number of nitrogens with zero attached hydrogens (tertiary/aromatic N) is 3. The molecule has 0 aliphatic carbocycles. The minimum Gasteiger partial charge on any atom is -0.507 e. The molecule has 0 radical (unpaired) electrons. The van der Waals surface area contributed by atoms with Crippen molar-refractivity contribution in [2.45, 2.75) is 0 Å². The van der Waals surface area contributed by atoms with Gasteiger partial charge in [-0.3, -0.25) is 9.55 Å². The number of phenols is 1. The van der Waals surface area contributed by atoms with Crippen LogP contribution in [0.3, 0.4) is 0 Å². The molecule has 9 aromatic carbocycles. The first kappa shape index (κ1) is 40.6. The second-order valence-electron chi connectivity index (χ2n) is 16.2. The molecule has 12 rings (SSSR count). The van der Waals surface area contributed by atoms with E-state index in [4.69, 9.17) is 14.4 Å². The fraction of sp³-hybridized carbons (Fsp3) is 0. The van der Waals surface area contributed by atoms with Crippen LogP contribution < -0.4 is 0 Å². The SMILES string of the molecule is Oc1ccccc1-c1nc2c(-c3[c-]c(-c4cc(-c5ccccc5)ccn4)c4oc5c(-c6cccc(-c7ccccc7)c6)cccc5c4c3)cccc2n1-c1ccccc1-c1ccccc1.[Pt]. The Balaban J connectivity index is 0.00000481. The molecule has 0 amide bonds. The number of aromatic nitrogens is 3. The predicted octanol–water partition coefficient (Wildman–Crippen LogP) is 15.5. The fourth-order valence-corrected chi connectivity index (χ4v) is 9.20. The smallest absolute Gasteiger partial charge is 0.148 e. The van der Waals surface area contributed by atoms with E-state index in [2.05, 4.69) is 174 Å². The van der Waals surface area contributed by atoms with Crippen molar-refractivity contribution in [3.8, 4) is 89.7 Å². The van der Waals surface area contributed by atoms with Crippen LogP contribution in [0.15, 0.2) is 229 Å². The first-order valence-electron chi connectivity index (χ1n) is 21.7. The maximum absolute atomic E-state index is 11.4. The molecular weight excluding hydrogens is 990 g/mol. The molecule has 0 saturated carbocycles. The molecule has 316 valence electrons. The topological polar surface area (TPSA) is 64.1 Å². The Morgan fingerprint density at radius 1 is 0.455 bits per heavy atom. The van der Waals surface area contributed by atoms with Crippen molar-refractivity contribution in [3.05, 3.63) is 231 Å². The number of aromatic hydroxyl groups is 1. The number of furan rings is 1. The number of fused-ring (bicyclic) bond motifs is 4. The molecule has 3 aromatic heterocycles. The Kier molecular flexibility index (Phi) is 10.5. The zero-order valence-corrected chi connectivity index (χ0v) is 37.6. The van der Waals surface area contributed by atoms with E-state index in [0.717, 1.165) is 100.0 Å². The third-order valence-corrected chi connectivity index (χ3v) is 12.3. The van der Waals surface area contributed by atoms with E-state index >= 15 is 0 Å². The number of imidazole rings is 1. The molecule has 0 saturated heterocycles. The van der Waals surface area contributed by atoms with Gasteiger partial charge in [-0.25, -0.2) is 4.98 Å². The monoisotopic (exact) mass is 1030 g/mol. The molecule has 0 aliphatic heterocycles. The van der Waals surface area contributed by atoms with E-state index in [1.54, 1.807) is 6.07 Å². The summed E-state index contributed by atoms with van der Waals surface area (Å²) >= 11 is 0. The van der Waals surface area contributed by atoms with Gasteiger partial charge < -0.3 is 9.52 Å². The first-order chi connectivity index (χ1) is 32.2. The second kappa shape index (κ2) is 17.1. The van der Waals surface area contributed by atoms with Gasteiger partial charge in [-0.1, -0.05) is 187 Å². The van der Waals surface area contributed by atoms with Gasteiger partial charge in [0.2, 0.25) is 0 Å². The van der Waals surface area contributed by atoms with Gasteiger partial charge in [0.25, 0.3) is 0 Å². The Bertz CT molecular complexity index is 3730. The van der Waals surface area contributed by atoms with Gasteiger partial charge >= 0.3 is 0 Å². The van der Waals surface area contributed by atoms with Crippen molar-refractivity contribution in [1.29, 1.82) is 0 Å². The van der Waals surface area contributed by atoms with E-state index < -0.39 is 0 Å².